The van der Waals surface area contributed by atoms with Gasteiger partial charge in [0.05, 0.1) is 13.3 Å². The summed E-state index contributed by atoms with van der Waals surface area (Å²) in [7, 11) is 3.17. The van der Waals surface area contributed by atoms with Gasteiger partial charge in [0, 0.05) is 23.9 Å². The van der Waals surface area contributed by atoms with E-state index in [2.05, 4.69) is 9.84 Å². The molecule has 2 N–H and O–H groups in total. The van der Waals surface area contributed by atoms with Crippen LogP contribution in [0.1, 0.15) is 6.92 Å². The van der Waals surface area contributed by atoms with Crippen LogP contribution >= 0.6 is 11.8 Å². The van der Waals surface area contributed by atoms with Crippen LogP contribution in [-0.4, -0.2) is 34.2 Å². The molecule has 0 bridgehead atoms. The fourth-order valence-corrected chi connectivity index (χ4v) is 1.93. The van der Waals surface area contributed by atoms with Gasteiger partial charge in [0.1, 0.15) is 5.54 Å². The van der Waals surface area contributed by atoms with Gasteiger partial charge in [0.25, 0.3) is 0 Å². The number of carbonyl (C=O) groups is 1. The fraction of sp³-hybridized carbons (Fsp3) is 0.556. The van der Waals surface area contributed by atoms with Crippen molar-refractivity contribution in [1.29, 1.82) is 0 Å². The van der Waals surface area contributed by atoms with E-state index in [1.165, 1.54) is 18.9 Å². The minimum absolute atomic E-state index is 0.404. The second-order valence-electron chi connectivity index (χ2n) is 3.55. The quantitative estimate of drug-likeness (QED) is 0.598. The molecule has 0 saturated carbocycles. The summed E-state index contributed by atoms with van der Waals surface area (Å²) in [6.07, 6.45) is 3.61. The summed E-state index contributed by atoms with van der Waals surface area (Å²) in [5, 5.41) is 4.02. The van der Waals surface area contributed by atoms with Gasteiger partial charge in [-0.25, -0.2) is 0 Å². The van der Waals surface area contributed by atoms with Crippen LogP contribution in [0.4, 0.5) is 0 Å². The zero-order chi connectivity index (χ0) is 11.5. The second-order valence-corrected chi connectivity index (χ2v) is 4.60. The zero-order valence-corrected chi connectivity index (χ0v) is 9.87. The van der Waals surface area contributed by atoms with Crippen molar-refractivity contribution in [3.05, 3.63) is 12.4 Å². The number of nitrogens with zero attached hydrogens (tertiary/aromatic N) is 2. The summed E-state index contributed by atoms with van der Waals surface area (Å²) in [5.41, 5.74) is 4.84. The molecule has 1 heterocycles. The molecule has 84 valence electrons. The normalized spacial score (nSPS) is 14.7. The Balaban J connectivity index is 2.53. The smallest absolute Gasteiger partial charge is 0.326 e. The van der Waals surface area contributed by atoms with Crippen LogP contribution in [0, 0.1) is 0 Å². The molecule has 0 radical (unpaired) electrons. The molecule has 0 aliphatic heterocycles. The molecule has 0 fully saturated rings. The van der Waals surface area contributed by atoms with E-state index in [1.807, 2.05) is 13.2 Å². The van der Waals surface area contributed by atoms with E-state index in [0.717, 1.165) is 4.90 Å². The first-order chi connectivity index (χ1) is 6.95. The van der Waals surface area contributed by atoms with Gasteiger partial charge in [0.2, 0.25) is 0 Å². The van der Waals surface area contributed by atoms with Gasteiger partial charge >= 0.3 is 5.97 Å². The largest absolute Gasteiger partial charge is 0.468 e. The van der Waals surface area contributed by atoms with Gasteiger partial charge < -0.3 is 10.5 Å². The number of esters is 1. The highest BCUT2D eigenvalue weighted by Gasteiger charge is 2.29. The molecule has 1 aromatic heterocycles. The Bertz CT molecular complexity index is 349. The van der Waals surface area contributed by atoms with Crippen molar-refractivity contribution in [2.75, 3.05) is 12.9 Å². The van der Waals surface area contributed by atoms with Gasteiger partial charge in [-0.3, -0.25) is 9.48 Å². The molecular weight excluding hydrogens is 214 g/mol. The summed E-state index contributed by atoms with van der Waals surface area (Å²) >= 11 is 1.48. The van der Waals surface area contributed by atoms with E-state index in [0.29, 0.717) is 5.75 Å². The second kappa shape index (κ2) is 4.67. The highest BCUT2D eigenvalue weighted by atomic mass is 32.2. The third-order valence-corrected chi connectivity index (χ3v) is 3.16. The van der Waals surface area contributed by atoms with Crippen LogP contribution in [0.2, 0.25) is 0 Å². The summed E-state index contributed by atoms with van der Waals surface area (Å²) in [6, 6.07) is 0. The van der Waals surface area contributed by atoms with Gasteiger partial charge in [-0.2, -0.15) is 5.10 Å². The average molecular weight is 229 g/mol. The van der Waals surface area contributed by atoms with Gasteiger partial charge in [-0.1, -0.05) is 0 Å². The average Bonchev–Trinajstić information content (AvgIpc) is 2.60. The Morgan fingerprint density at radius 3 is 2.93 bits per heavy atom. The molecule has 1 atom stereocenters. The van der Waals surface area contributed by atoms with Crippen molar-refractivity contribution in [3.63, 3.8) is 0 Å². The SMILES string of the molecule is COC(=O)C(C)(N)CSc1cnn(C)c1. The minimum atomic E-state index is -0.963. The molecule has 0 aliphatic carbocycles. The molecule has 1 aromatic rings. The topological polar surface area (TPSA) is 70.1 Å². The monoisotopic (exact) mass is 229 g/mol. The summed E-state index contributed by atoms with van der Waals surface area (Å²) in [6.45, 7) is 1.65. The van der Waals surface area contributed by atoms with Gasteiger partial charge in [0.15, 0.2) is 0 Å². The third-order valence-electron chi connectivity index (χ3n) is 1.87. The predicted octanol–water partition coefficient (Wildman–Crippen LogP) is 0.403. The molecular formula is C9H15N3O2S. The molecule has 0 saturated heterocycles. The number of hydrogen-bond donors (Lipinski definition) is 1. The standard InChI is InChI=1S/C9H15N3O2S/c1-9(10,8(13)14-3)6-15-7-4-11-12(2)5-7/h4-5H,6,10H2,1-3H3. The van der Waals surface area contributed by atoms with Crippen molar-refractivity contribution >= 4 is 17.7 Å². The van der Waals surface area contributed by atoms with Crippen molar-refractivity contribution in [2.24, 2.45) is 12.8 Å². The Morgan fingerprint density at radius 1 is 1.80 bits per heavy atom. The number of aryl methyl sites for hydroxylation is 1. The van der Waals surface area contributed by atoms with E-state index in [-0.39, 0.29) is 0 Å². The first-order valence-electron chi connectivity index (χ1n) is 4.44. The molecule has 0 spiro atoms. The fourth-order valence-electron chi connectivity index (χ4n) is 0.999. The number of carbonyl (C=O) groups excluding carboxylic acids is 1. The van der Waals surface area contributed by atoms with Crippen molar-refractivity contribution in [3.8, 4) is 0 Å². The van der Waals surface area contributed by atoms with Crippen LogP contribution < -0.4 is 5.73 Å². The molecule has 0 amide bonds. The van der Waals surface area contributed by atoms with Crippen molar-refractivity contribution in [2.45, 2.75) is 17.4 Å². The minimum Gasteiger partial charge on any atom is -0.468 e. The van der Waals surface area contributed by atoms with Crippen LogP contribution in [-0.2, 0) is 16.6 Å². The molecule has 6 heteroatoms. The molecule has 15 heavy (non-hydrogen) atoms. The maximum absolute atomic E-state index is 11.3. The van der Waals surface area contributed by atoms with E-state index in [1.54, 1.807) is 17.8 Å². The highest BCUT2D eigenvalue weighted by molar-refractivity contribution is 7.99. The summed E-state index contributed by atoms with van der Waals surface area (Å²) in [5.74, 6) is 0.0599. The highest BCUT2D eigenvalue weighted by Crippen LogP contribution is 2.21. The van der Waals surface area contributed by atoms with Crippen LogP contribution in [0.15, 0.2) is 17.3 Å². The lowest BCUT2D eigenvalue weighted by Gasteiger charge is -2.20. The lowest BCUT2D eigenvalue weighted by atomic mass is 10.1. The molecule has 0 aliphatic rings. The van der Waals surface area contributed by atoms with Crippen LogP contribution in [0.25, 0.3) is 0 Å². The molecule has 1 unspecified atom stereocenters. The third kappa shape index (κ3) is 3.24. The van der Waals surface area contributed by atoms with Crippen LogP contribution in [0.3, 0.4) is 0 Å². The number of nitrogens with two attached hydrogens (primary N) is 1. The van der Waals surface area contributed by atoms with Crippen molar-refractivity contribution in [1.82, 2.24) is 9.78 Å². The number of methoxy groups -OCH3 is 1. The number of ether oxygens (including phenoxy) is 1. The Morgan fingerprint density at radius 2 is 2.47 bits per heavy atom. The lowest BCUT2D eigenvalue weighted by molar-refractivity contribution is -0.145. The van der Waals surface area contributed by atoms with Crippen molar-refractivity contribution < 1.29 is 9.53 Å². The first kappa shape index (κ1) is 12.1. The summed E-state index contributed by atoms with van der Waals surface area (Å²) in [4.78, 5) is 12.3. The van der Waals surface area contributed by atoms with E-state index in [9.17, 15) is 4.79 Å². The van der Waals surface area contributed by atoms with E-state index < -0.39 is 11.5 Å². The maximum atomic E-state index is 11.3. The Kier molecular flexibility index (Phi) is 3.76. The van der Waals surface area contributed by atoms with E-state index >= 15 is 0 Å². The number of rotatable bonds is 4. The number of aromatic nitrogens is 2. The summed E-state index contributed by atoms with van der Waals surface area (Å²) < 4.78 is 6.31. The number of hydrogen-bond acceptors (Lipinski definition) is 5. The molecule has 0 aromatic carbocycles. The maximum Gasteiger partial charge on any atom is 0.326 e. The molecule has 1 rings (SSSR count). The zero-order valence-electron chi connectivity index (χ0n) is 9.06. The van der Waals surface area contributed by atoms with E-state index in [4.69, 9.17) is 5.73 Å². The lowest BCUT2D eigenvalue weighted by Crippen LogP contribution is -2.48. The number of thioether (sulfide) groups is 1. The molecule has 5 nitrogen and oxygen atoms in total. The van der Waals surface area contributed by atoms with Crippen LogP contribution in [0.5, 0.6) is 0 Å². The Hall–Kier alpha value is -1.01. The van der Waals surface area contributed by atoms with Gasteiger partial charge in [-0.15, -0.1) is 11.8 Å². The first-order valence-corrected chi connectivity index (χ1v) is 5.43. The predicted molar refractivity (Wildman–Crippen MR) is 58.5 cm³/mol. The Labute approximate surface area is 93.0 Å². The van der Waals surface area contributed by atoms with Gasteiger partial charge in [-0.05, 0) is 6.92 Å².